The summed E-state index contributed by atoms with van der Waals surface area (Å²) in [6, 6.07) is 20.7. The maximum Gasteiger partial charge on any atom is 0.156 e. The summed E-state index contributed by atoms with van der Waals surface area (Å²) >= 11 is 0. The van der Waals surface area contributed by atoms with E-state index in [0.29, 0.717) is 27.9 Å². The third kappa shape index (κ3) is 3.76. The number of phenolic OH excluding ortho intramolecular Hbond substituents is 1. The molecule has 3 nitrogen and oxygen atoms in total. The largest absolute Gasteiger partial charge is 0.748 e. The van der Waals surface area contributed by atoms with Crippen molar-refractivity contribution in [3.8, 4) is 17.1 Å². The number of phenols is 1. The van der Waals surface area contributed by atoms with Gasteiger partial charge in [-0.3, -0.25) is 4.79 Å². The third-order valence-electron chi connectivity index (χ3n) is 3.99. The molecule has 0 atom stereocenters. The number of hydrogen-bond donors (Lipinski definition) is 1. The summed E-state index contributed by atoms with van der Waals surface area (Å²) in [4.78, 5) is 12.4. The number of benzene rings is 1. The Morgan fingerprint density at radius 3 is 2.08 bits per heavy atom. The van der Waals surface area contributed by atoms with Gasteiger partial charge in [-0.25, -0.2) is 0 Å². The fraction of sp³-hybridized carbons (Fsp3) is 0.0952. The second kappa shape index (κ2) is 8.02. The van der Waals surface area contributed by atoms with Gasteiger partial charge in [0.15, 0.2) is 5.43 Å². The van der Waals surface area contributed by atoms with Crippen molar-refractivity contribution in [2.75, 3.05) is 0 Å². The van der Waals surface area contributed by atoms with Gasteiger partial charge in [-0.2, -0.15) is 12.1 Å². The van der Waals surface area contributed by atoms with E-state index in [1.54, 1.807) is 19.9 Å². The van der Waals surface area contributed by atoms with Gasteiger partial charge < -0.3 is 39.9 Å². The van der Waals surface area contributed by atoms with Crippen molar-refractivity contribution in [2.24, 2.45) is 0 Å². The average molecular weight is 374 g/mol. The van der Waals surface area contributed by atoms with Crippen molar-refractivity contribution >= 4 is 11.0 Å². The molecule has 0 bridgehead atoms. The Labute approximate surface area is 156 Å². The number of rotatable bonds is 1. The molecule has 0 saturated heterocycles. The second-order valence-corrected chi connectivity index (χ2v) is 5.61. The SMILES string of the molecule is Cc1c(-[c-]2cccc2)oc2c(C)c(O)ccc2c1=O.[Fe].[cH-]1[cH-][cH-][cH-][cH-]1. The number of aromatic hydroxyl groups is 1. The Bertz CT molecular complexity index is 977. The van der Waals surface area contributed by atoms with Crippen molar-refractivity contribution in [3.63, 3.8) is 0 Å². The topological polar surface area (TPSA) is 50.4 Å². The molecule has 0 unspecified atom stereocenters. The molecule has 4 aromatic rings. The van der Waals surface area contributed by atoms with E-state index in [1.807, 2.05) is 54.6 Å². The summed E-state index contributed by atoms with van der Waals surface area (Å²) in [6.45, 7) is 3.50. The summed E-state index contributed by atoms with van der Waals surface area (Å²) in [7, 11) is 0. The van der Waals surface area contributed by atoms with Crippen LogP contribution in [0.2, 0.25) is 0 Å². The quantitative estimate of drug-likeness (QED) is 0.381. The first kappa shape index (κ1) is 18.8. The van der Waals surface area contributed by atoms with Crippen molar-refractivity contribution in [2.45, 2.75) is 13.8 Å². The van der Waals surface area contributed by atoms with Crippen LogP contribution < -0.4 is 5.43 Å². The minimum Gasteiger partial charge on any atom is -0.748 e. The van der Waals surface area contributed by atoms with Crippen molar-refractivity contribution in [1.29, 1.82) is 0 Å². The van der Waals surface area contributed by atoms with Crippen LogP contribution in [0.1, 0.15) is 11.1 Å². The Morgan fingerprint density at radius 1 is 0.960 bits per heavy atom. The van der Waals surface area contributed by atoms with Crippen LogP contribution in [0.3, 0.4) is 0 Å². The van der Waals surface area contributed by atoms with Crippen LogP contribution in [0.25, 0.3) is 22.3 Å². The monoisotopic (exact) mass is 374 g/mol. The van der Waals surface area contributed by atoms with Gasteiger partial charge in [-0.15, -0.1) is 12.1 Å². The fourth-order valence-corrected chi connectivity index (χ4v) is 2.60. The van der Waals surface area contributed by atoms with Crippen LogP contribution in [0, 0.1) is 13.8 Å². The van der Waals surface area contributed by atoms with E-state index in [1.165, 1.54) is 6.07 Å². The molecule has 4 heteroatoms. The molecule has 3 aromatic carbocycles. The van der Waals surface area contributed by atoms with Crippen LogP contribution in [-0.4, -0.2) is 5.11 Å². The molecule has 1 N–H and O–H groups in total. The van der Waals surface area contributed by atoms with Gasteiger partial charge in [-0.05, 0) is 24.6 Å². The standard InChI is InChI=1S/C16H13O3.C5H5.Fe/c1-9-13(17)8-7-12-14(18)10(2)15(19-16(9)12)11-5-3-4-6-11;1-2-4-5-3-1;/h3-8,17H,1-2H3;1-5H;/q-1;-5;. The maximum atomic E-state index is 12.4. The van der Waals surface area contributed by atoms with Gasteiger partial charge in [0.1, 0.15) is 11.3 Å². The summed E-state index contributed by atoms with van der Waals surface area (Å²) in [5, 5.41) is 10.2. The molecule has 0 aliphatic rings. The van der Waals surface area contributed by atoms with E-state index < -0.39 is 0 Å². The minimum atomic E-state index is -0.0550. The third-order valence-corrected chi connectivity index (χ3v) is 3.99. The van der Waals surface area contributed by atoms with Gasteiger partial charge in [0.25, 0.3) is 0 Å². The molecule has 0 aliphatic carbocycles. The van der Waals surface area contributed by atoms with Crippen LogP contribution in [-0.2, 0) is 17.1 Å². The predicted molar refractivity (Wildman–Crippen MR) is 96.7 cm³/mol. The van der Waals surface area contributed by atoms with Crippen LogP contribution in [0.15, 0.2) is 75.9 Å². The van der Waals surface area contributed by atoms with Gasteiger partial charge in [0.2, 0.25) is 0 Å². The van der Waals surface area contributed by atoms with Crippen LogP contribution in [0.4, 0.5) is 0 Å². The minimum absolute atomic E-state index is 0. The Balaban J connectivity index is 0.000000325. The molecular weight excluding hydrogens is 356 g/mol. The van der Waals surface area contributed by atoms with E-state index in [-0.39, 0.29) is 28.2 Å². The first-order chi connectivity index (χ1) is 11.6. The average Bonchev–Trinajstić information content (AvgIpc) is 3.30. The normalized spacial score (nSPS) is 10.0. The zero-order chi connectivity index (χ0) is 17.1. The van der Waals surface area contributed by atoms with Crippen molar-refractivity contribution in [1.82, 2.24) is 0 Å². The van der Waals surface area contributed by atoms with Crippen molar-refractivity contribution < 1.29 is 26.6 Å². The smallest absolute Gasteiger partial charge is 0.156 e. The molecule has 0 saturated carbocycles. The molecule has 134 valence electrons. The van der Waals surface area contributed by atoms with Gasteiger partial charge in [0.05, 0.1) is 11.1 Å². The van der Waals surface area contributed by atoms with Crippen LogP contribution >= 0.6 is 0 Å². The van der Waals surface area contributed by atoms with E-state index in [4.69, 9.17) is 4.42 Å². The molecule has 0 aliphatic heterocycles. The predicted octanol–water partition coefficient (Wildman–Crippen LogP) is 4.90. The zero-order valence-electron chi connectivity index (χ0n) is 14.0. The number of hydrogen-bond acceptors (Lipinski definition) is 3. The fourth-order valence-electron chi connectivity index (χ4n) is 2.60. The first-order valence-electron chi connectivity index (χ1n) is 7.74. The molecule has 0 amide bonds. The zero-order valence-corrected chi connectivity index (χ0v) is 15.1. The Kier molecular flexibility index (Phi) is 6.02. The molecule has 0 spiro atoms. The Hall–Kier alpha value is -2.55. The summed E-state index contributed by atoms with van der Waals surface area (Å²) in [5.74, 6) is 0.698. The van der Waals surface area contributed by atoms with Crippen LogP contribution in [0.5, 0.6) is 5.75 Å². The second-order valence-electron chi connectivity index (χ2n) is 5.61. The van der Waals surface area contributed by atoms with E-state index in [0.717, 1.165) is 5.56 Å². The van der Waals surface area contributed by atoms with Gasteiger partial charge in [-0.1, -0.05) is 12.5 Å². The van der Waals surface area contributed by atoms with E-state index >= 15 is 0 Å². The molecule has 25 heavy (non-hydrogen) atoms. The Morgan fingerprint density at radius 2 is 1.52 bits per heavy atom. The summed E-state index contributed by atoms with van der Waals surface area (Å²) < 4.78 is 5.87. The first-order valence-corrected chi connectivity index (χ1v) is 7.74. The molecule has 4 rings (SSSR count). The molecule has 0 fully saturated rings. The summed E-state index contributed by atoms with van der Waals surface area (Å²) in [6.07, 6.45) is 0. The maximum absolute atomic E-state index is 12.4. The molecule has 1 aromatic heterocycles. The molecule has 1 heterocycles. The summed E-state index contributed by atoms with van der Waals surface area (Å²) in [5.41, 5.74) is 2.44. The molecule has 0 radical (unpaired) electrons. The van der Waals surface area contributed by atoms with E-state index in [2.05, 4.69) is 0 Å². The van der Waals surface area contributed by atoms with E-state index in [9.17, 15) is 9.90 Å². The molecular formula is C21H18FeO3-6. The van der Waals surface area contributed by atoms with Gasteiger partial charge in [0, 0.05) is 22.6 Å². The van der Waals surface area contributed by atoms with Crippen molar-refractivity contribution in [3.05, 3.63) is 88.1 Å². The van der Waals surface area contributed by atoms with Gasteiger partial charge >= 0.3 is 0 Å². The number of aryl methyl sites for hydroxylation is 1. The number of fused-ring (bicyclic) bond motifs is 1.